The van der Waals surface area contributed by atoms with Gasteiger partial charge in [-0.15, -0.1) is 0 Å². The summed E-state index contributed by atoms with van der Waals surface area (Å²) in [6, 6.07) is 0.0802. The number of nitrogens with one attached hydrogen (secondary N) is 1. The van der Waals surface area contributed by atoms with Gasteiger partial charge in [-0.25, -0.2) is 0 Å². The fraction of sp³-hybridized carbons (Fsp3) is 0.923. The van der Waals surface area contributed by atoms with Crippen molar-refractivity contribution in [3.8, 4) is 0 Å². The van der Waals surface area contributed by atoms with Crippen LogP contribution in [0.1, 0.15) is 45.4 Å². The van der Waals surface area contributed by atoms with Gasteiger partial charge in [-0.1, -0.05) is 12.8 Å². The summed E-state index contributed by atoms with van der Waals surface area (Å²) >= 11 is 0. The highest BCUT2D eigenvalue weighted by Gasteiger charge is 2.09. The number of rotatable bonds is 7. The van der Waals surface area contributed by atoms with Crippen LogP contribution in [0, 0.1) is 0 Å². The molecule has 4 nitrogen and oxygen atoms in total. The maximum atomic E-state index is 10.5. The Morgan fingerprint density at radius 1 is 1.29 bits per heavy atom. The Labute approximate surface area is 104 Å². The van der Waals surface area contributed by atoms with Gasteiger partial charge in [-0.05, 0) is 52.4 Å². The molecule has 100 valence electrons. The second kappa shape index (κ2) is 8.48. The Balaban J connectivity index is 2.00. The molecule has 0 aromatic heterocycles. The zero-order valence-corrected chi connectivity index (χ0v) is 11.0. The summed E-state index contributed by atoms with van der Waals surface area (Å²) in [5.74, 6) is -0.725. The number of carbonyl (C=O) groups is 1. The lowest BCUT2D eigenvalue weighted by molar-refractivity contribution is -0.137. The SMILES string of the molecule is CC(CC(=O)O)NCCCN1CCCCCC1. The van der Waals surface area contributed by atoms with Crippen molar-refractivity contribution in [2.45, 2.75) is 51.5 Å². The van der Waals surface area contributed by atoms with E-state index in [0.717, 1.165) is 19.5 Å². The first kappa shape index (κ1) is 14.5. The zero-order chi connectivity index (χ0) is 12.5. The summed E-state index contributed by atoms with van der Waals surface area (Å²) in [4.78, 5) is 13.0. The van der Waals surface area contributed by atoms with Crippen LogP contribution >= 0.6 is 0 Å². The molecule has 4 heteroatoms. The molecule has 17 heavy (non-hydrogen) atoms. The molecule has 1 saturated heterocycles. The van der Waals surface area contributed by atoms with Crippen LogP contribution in [0.2, 0.25) is 0 Å². The van der Waals surface area contributed by atoms with Crippen molar-refractivity contribution in [1.82, 2.24) is 10.2 Å². The molecule has 0 saturated carbocycles. The maximum absolute atomic E-state index is 10.5. The van der Waals surface area contributed by atoms with E-state index >= 15 is 0 Å². The minimum atomic E-state index is -0.725. The van der Waals surface area contributed by atoms with Gasteiger partial charge in [0.15, 0.2) is 0 Å². The summed E-state index contributed by atoms with van der Waals surface area (Å²) < 4.78 is 0. The summed E-state index contributed by atoms with van der Waals surface area (Å²) in [6.07, 6.45) is 6.76. The summed E-state index contributed by atoms with van der Waals surface area (Å²) in [5, 5.41) is 11.9. The Hall–Kier alpha value is -0.610. The molecule has 0 amide bonds. The normalized spacial score (nSPS) is 19.8. The minimum Gasteiger partial charge on any atom is -0.481 e. The summed E-state index contributed by atoms with van der Waals surface area (Å²) in [5.41, 5.74) is 0. The molecule has 1 unspecified atom stereocenters. The smallest absolute Gasteiger partial charge is 0.304 e. The molecule has 0 aliphatic carbocycles. The van der Waals surface area contributed by atoms with Crippen LogP contribution in [0.15, 0.2) is 0 Å². The number of hydrogen-bond acceptors (Lipinski definition) is 3. The van der Waals surface area contributed by atoms with E-state index in [1.54, 1.807) is 0 Å². The summed E-state index contributed by atoms with van der Waals surface area (Å²) in [6.45, 7) is 6.48. The fourth-order valence-electron chi connectivity index (χ4n) is 2.35. The number of nitrogens with zero attached hydrogens (tertiary/aromatic N) is 1. The van der Waals surface area contributed by atoms with Crippen LogP contribution in [-0.2, 0) is 4.79 Å². The van der Waals surface area contributed by atoms with Crippen molar-refractivity contribution in [3.63, 3.8) is 0 Å². The molecule has 2 N–H and O–H groups in total. The highest BCUT2D eigenvalue weighted by molar-refractivity contribution is 5.67. The quantitative estimate of drug-likeness (QED) is 0.667. The van der Waals surface area contributed by atoms with Crippen LogP contribution in [0.5, 0.6) is 0 Å². The lowest BCUT2D eigenvalue weighted by atomic mass is 10.2. The van der Waals surface area contributed by atoms with Gasteiger partial charge in [0.25, 0.3) is 0 Å². The first-order valence-corrected chi connectivity index (χ1v) is 6.86. The van der Waals surface area contributed by atoms with Gasteiger partial charge >= 0.3 is 5.97 Å². The molecular formula is C13H26N2O2. The first-order chi connectivity index (χ1) is 8.18. The van der Waals surface area contributed by atoms with Gasteiger partial charge in [0.05, 0.1) is 6.42 Å². The predicted octanol–water partition coefficient (Wildman–Crippen LogP) is 1.71. The number of hydrogen-bond donors (Lipinski definition) is 2. The average molecular weight is 242 g/mol. The van der Waals surface area contributed by atoms with Gasteiger partial charge in [0, 0.05) is 6.04 Å². The van der Waals surface area contributed by atoms with Gasteiger partial charge < -0.3 is 15.3 Å². The van der Waals surface area contributed by atoms with Crippen LogP contribution in [-0.4, -0.2) is 48.2 Å². The number of likely N-dealkylation sites (tertiary alicyclic amines) is 1. The molecule has 1 aliphatic rings. The number of carboxylic acids is 1. The van der Waals surface area contributed by atoms with Crippen LogP contribution < -0.4 is 5.32 Å². The van der Waals surface area contributed by atoms with Gasteiger partial charge in [-0.3, -0.25) is 4.79 Å². The average Bonchev–Trinajstić information content (AvgIpc) is 2.52. The summed E-state index contributed by atoms with van der Waals surface area (Å²) in [7, 11) is 0. The Kier molecular flexibility index (Phi) is 7.21. The van der Waals surface area contributed by atoms with Crippen molar-refractivity contribution in [1.29, 1.82) is 0 Å². The van der Waals surface area contributed by atoms with Gasteiger partial charge in [0.2, 0.25) is 0 Å². The largest absolute Gasteiger partial charge is 0.481 e. The third-order valence-corrected chi connectivity index (χ3v) is 3.32. The first-order valence-electron chi connectivity index (χ1n) is 6.86. The van der Waals surface area contributed by atoms with Crippen molar-refractivity contribution in [2.75, 3.05) is 26.2 Å². The van der Waals surface area contributed by atoms with E-state index in [4.69, 9.17) is 5.11 Å². The second-order valence-corrected chi connectivity index (χ2v) is 5.06. The van der Waals surface area contributed by atoms with E-state index in [-0.39, 0.29) is 12.5 Å². The van der Waals surface area contributed by atoms with Crippen LogP contribution in [0.3, 0.4) is 0 Å². The highest BCUT2D eigenvalue weighted by Crippen LogP contribution is 2.09. The molecule has 0 radical (unpaired) electrons. The van der Waals surface area contributed by atoms with E-state index in [9.17, 15) is 4.79 Å². The Bertz CT molecular complexity index is 213. The Morgan fingerprint density at radius 2 is 1.94 bits per heavy atom. The van der Waals surface area contributed by atoms with E-state index in [1.165, 1.54) is 38.8 Å². The van der Waals surface area contributed by atoms with E-state index in [1.807, 2.05) is 6.92 Å². The number of carboxylic acid groups (broad SMARTS) is 1. The van der Waals surface area contributed by atoms with Crippen molar-refractivity contribution in [2.24, 2.45) is 0 Å². The molecular weight excluding hydrogens is 216 g/mol. The fourth-order valence-corrected chi connectivity index (χ4v) is 2.35. The topological polar surface area (TPSA) is 52.6 Å². The highest BCUT2D eigenvalue weighted by atomic mass is 16.4. The number of aliphatic carboxylic acids is 1. The lowest BCUT2D eigenvalue weighted by Crippen LogP contribution is -2.32. The van der Waals surface area contributed by atoms with Crippen molar-refractivity contribution >= 4 is 5.97 Å². The Morgan fingerprint density at radius 3 is 2.53 bits per heavy atom. The molecule has 1 heterocycles. The molecule has 1 atom stereocenters. The monoisotopic (exact) mass is 242 g/mol. The second-order valence-electron chi connectivity index (χ2n) is 5.06. The van der Waals surface area contributed by atoms with Crippen LogP contribution in [0.25, 0.3) is 0 Å². The third-order valence-electron chi connectivity index (χ3n) is 3.32. The molecule has 1 rings (SSSR count). The molecule has 0 spiro atoms. The molecule has 1 aliphatic heterocycles. The predicted molar refractivity (Wildman–Crippen MR) is 69.2 cm³/mol. The third kappa shape index (κ3) is 7.34. The molecule has 1 fully saturated rings. The zero-order valence-electron chi connectivity index (χ0n) is 11.0. The molecule has 0 aromatic rings. The van der Waals surface area contributed by atoms with E-state index in [2.05, 4.69) is 10.2 Å². The standard InChI is InChI=1S/C13H26N2O2/c1-12(11-13(16)17)14-7-6-10-15-8-4-2-3-5-9-15/h12,14H,2-11H2,1H3,(H,16,17). The van der Waals surface area contributed by atoms with E-state index < -0.39 is 5.97 Å². The molecule has 0 bridgehead atoms. The minimum absolute atomic E-state index is 0.0802. The van der Waals surface area contributed by atoms with Crippen molar-refractivity contribution < 1.29 is 9.90 Å². The van der Waals surface area contributed by atoms with Gasteiger partial charge in [0.1, 0.15) is 0 Å². The van der Waals surface area contributed by atoms with Gasteiger partial charge in [-0.2, -0.15) is 0 Å². The van der Waals surface area contributed by atoms with Crippen LogP contribution in [0.4, 0.5) is 0 Å². The lowest BCUT2D eigenvalue weighted by Gasteiger charge is -2.20. The van der Waals surface area contributed by atoms with E-state index in [0.29, 0.717) is 0 Å². The van der Waals surface area contributed by atoms with Crippen molar-refractivity contribution in [3.05, 3.63) is 0 Å². The maximum Gasteiger partial charge on any atom is 0.304 e. The molecule has 0 aromatic carbocycles.